The first-order valence-electron chi connectivity index (χ1n) is 4.61. The fraction of sp³-hybridized carbons (Fsp3) is 0.300. The fourth-order valence-electron chi connectivity index (χ4n) is 1.24. The Morgan fingerprint density at radius 2 is 2.00 bits per heavy atom. The molecule has 0 N–H and O–H groups in total. The van der Waals surface area contributed by atoms with Gasteiger partial charge in [0.2, 0.25) is 9.05 Å². The number of carbonyl (C=O) groups excluding carboxylic acids is 1. The highest BCUT2D eigenvalue weighted by Crippen LogP contribution is 2.15. The molecule has 0 spiro atoms. The molecular weight excluding hydrogens is 252 g/mol. The number of rotatable bonds is 4. The van der Waals surface area contributed by atoms with Gasteiger partial charge in [-0.1, -0.05) is 18.2 Å². The number of hydrogen-bond acceptors (Lipinski definition) is 4. The Morgan fingerprint density at radius 1 is 1.38 bits per heavy atom. The van der Waals surface area contributed by atoms with Gasteiger partial charge < -0.3 is 4.74 Å². The third-order valence-corrected chi connectivity index (χ3v) is 2.82. The summed E-state index contributed by atoms with van der Waals surface area (Å²) >= 11 is 0. The number of ether oxygens (including phenoxy) is 1. The van der Waals surface area contributed by atoms with E-state index in [1.54, 1.807) is 19.1 Å². The maximum absolute atomic E-state index is 11.5. The van der Waals surface area contributed by atoms with Crippen LogP contribution in [0.4, 0.5) is 0 Å². The van der Waals surface area contributed by atoms with E-state index in [0.29, 0.717) is 5.56 Å². The zero-order valence-electron chi connectivity index (χ0n) is 8.64. The highest BCUT2D eigenvalue weighted by atomic mass is 35.7. The molecule has 0 aliphatic carbocycles. The van der Waals surface area contributed by atoms with Crippen molar-refractivity contribution in [3.05, 3.63) is 35.4 Å². The van der Waals surface area contributed by atoms with Crippen molar-refractivity contribution in [3.63, 3.8) is 0 Å². The monoisotopic (exact) mass is 262 g/mol. The van der Waals surface area contributed by atoms with E-state index >= 15 is 0 Å². The molecule has 6 heteroatoms. The van der Waals surface area contributed by atoms with Crippen LogP contribution in [0.15, 0.2) is 24.3 Å². The molecule has 0 fully saturated rings. The Kier molecular flexibility index (Phi) is 4.32. The number of halogens is 1. The van der Waals surface area contributed by atoms with Gasteiger partial charge in [0.25, 0.3) is 0 Å². The van der Waals surface area contributed by atoms with Gasteiger partial charge in [-0.05, 0) is 18.6 Å². The Bertz CT molecular complexity index is 481. The van der Waals surface area contributed by atoms with Gasteiger partial charge in [-0.25, -0.2) is 13.2 Å². The minimum Gasteiger partial charge on any atom is -0.462 e. The summed E-state index contributed by atoms with van der Waals surface area (Å²) in [5.41, 5.74) is 0.574. The van der Waals surface area contributed by atoms with E-state index in [-0.39, 0.29) is 17.9 Å². The van der Waals surface area contributed by atoms with Crippen LogP contribution < -0.4 is 0 Å². The van der Waals surface area contributed by atoms with E-state index in [1.807, 2.05) is 0 Å². The van der Waals surface area contributed by atoms with E-state index in [4.69, 9.17) is 15.4 Å². The molecule has 0 aliphatic heterocycles. The molecule has 0 heterocycles. The number of esters is 1. The van der Waals surface area contributed by atoms with Crippen molar-refractivity contribution in [1.29, 1.82) is 0 Å². The molecule has 0 atom stereocenters. The molecule has 1 aromatic carbocycles. The van der Waals surface area contributed by atoms with Crippen LogP contribution in [-0.4, -0.2) is 21.0 Å². The summed E-state index contributed by atoms with van der Waals surface area (Å²) in [7, 11) is 1.46. The summed E-state index contributed by atoms with van der Waals surface area (Å²) in [4.78, 5) is 11.5. The van der Waals surface area contributed by atoms with Crippen LogP contribution in [0.25, 0.3) is 0 Å². The van der Waals surface area contributed by atoms with Gasteiger partial charge >= 0.3 is 5.97 Å². The molecule has 0 saturated carbocycles. The van der Waals surface area contributed by atoms with Crippen LogP contribution in [0, 0.1) is 0 Å². The van der Waals surface area contributed by atoms with Gasteiger partial charge in [0, 0.05) is 10.7 Å². The van der Waals surface area contributed by atoms with Crippen LogP contribution in [0.2, 0.25) is 0 Å². The largest absolute Gasteiger partial charge is 0.462 e. The van der Waals surface area contributed by atoms with Gasteiger partial charge in [-0.3, -0.25) is 0 Å². The summed E-state index contributed by atoms with van der Waals surface area (Å²) in [6.07, 6.45) is 0. The quantitative estimate of drug-likeness (QED) is 0.614. The van der Waals surface area contributed by atoms with Crippen molar-refractivity contribution < 1.29 is 17.9 Å². The Hall–Kier alpha value is -1.07. The molecule has 0 bridgehead atoms. The lowest BCUT2D eigenvalue weighted by Crippen LogP contribution is -2.09. The number of hydrogen-bond donors (Lipinski definition) is 0. The maximum atomic E-state index is 11.5. The summed E-state index contributed by atoms with van der Waals surface area (Å²) in [6.45, 7) is 1.92. The second kappa shape index (κ2) is 5.32. The van der Waals surface area contributed by atoms with Crippen molar-refractivity contribution in [1.82, 2.24) is 0 Å². The molecule has 1 aromatic rings. The average Bonchev–Trinajstić information content (AvgIpc) is 2.16. The van der Waals surface area contributed by atoms with Gasteiger partial charge in [-0.15, -0.1) is 0 Å². The predicted molar refractivity (Wildman–Crippen MR) is 60.9 cm³/mol. The summed E-state index contributed by atoms with van der Waals surface area (Å²) in [5.74, 6) is -0.929. The molecule has 4 nitrogen and oxygen atoms in total. The lowest BCUT2D eigenvalue weighted by molar-refractivity contribution is 0.0525. The minimum atomic E-state index is -3.68. The topological polar surface area (TPSA) is 60.4 Å². The van der Waals surface area contributed by atoms with Gasteiger partial charge in [0.05, 0.1) is 17.9 Å². The van der Waals surface area contributed by atoms with Crippen LogP contribution in [0.3, 0.4) is 0 Å². The third-order valence-electron chi connectivity index (χ3n) is 1.84. The van der Waals surface area contributed by atoms with Crippen molar-refractivity contribution in [2.24, 2.45) is 0 Å². The molecule has 0 unspecified atom stereocenters. The van der Waals surface area contributed by atoms with Crippen LogP contribution >= 0.6 is 10.7 Å². The van der Waals surface area contributed by atoms with Crippen molar-refractivity contribution in [3.8, 4) is 0 Å². The number of benzene rings is 1. The van der Waals surface area contributed by atoms with Crippen molar-refractivity contribution in [2.75, 3.05) is 6.61 Å². The van der Waals surface area contributed by atoms with E-state index in [9.17, 15) is 13.2 Å². The Labute approximate surface area is 98.6 Å². The van der Waals surface area contributed by atoms with E-state index in [2.05, 4.69) is 0 Å². The predicted octanol–water partition coefficient (Wildman–Crippen LogP) is 1.93. The Balaban J connectivity index is 3.05. The smallest absolute Gasteiger partial charge is 0.338 e. The standard InChI is InChI=1S/C10H11ClO4S/c1-2-15-10(12)9-6-4-3-5-8(9)7-16(11,13)14/h3-6H,2,7H2,1H3. The average molecular weight is 263 g/mol. The zero-order valence-corrected chi connectivity index (χ0v) is 10.2. The van der Waals surface area contributed by atoms with Gasteiger partial charge in [-0.2, -0.15) is 0 Å². The minimum absolute atomic E-state index is 0.230. The lowest BCUT2D eigenvalue weighted by Gasteiger charge is -2.06. The van der Waals surface area contributed by atoms with Crippen molar-refractivity contribution >= 4 is 25.7 Å². The summed E-state index contributed by atoms with van der Waals surface area (Å²) in [5, 5.41) is 0. The van der Waals surface area contributed by atoms with Crippen molar-refractivity contribution in [2.45, 2.75) is 12.7 Å². The second-order valence-corrected chi connectivity index (χ2v) is 5.84. The van der Waals surface area contributed by atoms with Crippen LogP contribution in [0.1, 0.15) is 22.8 Å². The van der Waals surface area contributed by atoms with E-state index in [1.165, 1.54) is 12.1 Å². The molecule has 0 saturated heterocycles. The highest BCUT2D eigenvalue weighted by molar-refractivity contribution is 8.13. The van der Waals surface area contributed by atoms with Gasteiger partial charge in [0.1, 0.15) is 0 Å². The first-order valence-corrected chi connectivity index (χ1v) is 7.09. The molecule has 1 rings (SSSR count). The maximum Gasteiger partial charge on any atom is 0.338 e. The summed E-state index contributed by atoms with van der Waals surface area (Å²) < 4.78 is 26.7. The van der Waals surface area contributed by atoms with Gasteiger partial charge in [0.15, 0.2) is 0 Å². The molecule has 0 radical (unpaired) electrons. The van der Waals surface area contributed by atoms with Crippen LogP contribution in [0.5, 0.6) is 0 Å². The Morgan fingerprint density at radius 3 is 2.56 bits per heavy atom. The van der Waals surface area contributed by atoms with E-state index in [0.717, 1.165) is 0 Å². The number of carbonyl (C=O) groups is 1. The molecule has 0 amide bonds. The molecule has 16 heavy (non-hydrogen) atoms. The molecule has 0 aromatic heterocycles. The SMILES string of the molecule is CCOC(=O)c1ccccc1CS(=O)(=O)Cl. The highest BCUT2D eigenvalue weighted by Gasteiger charge is 2.16. The zero-order chi connectivity index (χ0) is 12.2. The van der Waals surface area contributed by atoms with Crippen LogP contribution in [-0.2, 0) is 19.5 Å². The first kappa shape index (κ1) is 13.0. The second-order valence-electron chi connectivity index (χ2n) is 3.06. The molecular formula is C10H11ClO4S. The van der Waals surface area contributed by atoms with E-state index < -0.39 is 15.0 Å². The lowest BCUT2D eigenvalue weighted by atomic mass is 10.1. The first-order chi connectivity index (χ1) is 7.44. The third kappa shape index (κ3) is 3.83. The molecule has 0 aliphatic rings. The normalized spacial score (nSPS) is 11.1. The summed E-state index contributed by atoms with van der Waals surface area (Å²) in [6, 6.07) is 6.32. The molecule has 88 valence electrons. The fourth-order valence-corrected chi connectivity index (χ4v) is 2.22.